The van der Waals surface area contributed by atoms with Crippen molar-refractivity contribution in [3.63, 3.8) is 0 Å². The number of thiazole rings is 1. The van der Waals surface area contributed by atoms with E-state index in [2.05, 4.69) is 25.4 Å². The fourth-order valence-corrected chi connectivity index (χ4v) is 1.20. The van der Waals surface area contributed by atoms with Crippen LogP contribution in [-0.4, -0.2) is 4.98 Å². The zero-order chi connectivity index (χ0) is 8.27. The summed E-state index contributed by atoms with van der Waals surface area (Å²) in [6.07, 6.45) is 4.04. The summed E-state index contributed by atoms with van der Waals surface area (Å²) in [7, 11) is 0. The Balaban J connectivity index is 3.11. The van der Waals surface area contributed by atoms with E-state index in [9.17, 15) is 0 Å². The summed E-state index contributed by atoms with van der Waals surface area (Å²) in [6.45, 7) is 7.98. The molecule has 0 atom stereocenters. The molecular formula is C9H11NS. The first kappa shape index (κ1) is 8.21. The fourth-order valence-electron chi connectivity index (χ4n) is 0.661. The van der Waals surface area contributed by atoms with Crippen LogP contribution in [0.15, 0.2) is 17.2 Å². The first-order valence-electron chi connectivity index (χ1n) is 3.44. The number of aromatic nitrogens is 1. The Kier molecular flexibility index (Phi) is 2.60. The number of allylic oxidation sites excluding steroid dienone is 2. The standard InChI is InChI=1S/C9H11NS/c1-7(2)4-5-9-8(3)11-6-10-9/h4-6H,3H2,1-2H3/b9-5+. The molecule has 0 unspecified atom stereocenters. The molecular weight excluding hydrogens is 154 g/mol. The van der Waals surface area contributed by atoms with Crippen LogP contribution in [0.25, 0.3) is 12.7 Å². The lowest BCUT2D eigenvalue weighted by atomic mass is 10.3. The summed E-state index contributed by atoms with van der Waals surface area (Å²) in [5.41, 5.74) is 3.09. The largest absolute Gasteiger partial charge is 0.245 e. The van der Waals surface area contributed by atoms with Gasteiger partial charge in [0.1, 0.15) is 0 Å². The second-order valence-electron chi connectivity index (χ2n) is 2.57. The van der Waals surface area contributed by atoms with E-state index < -0.39 is 0 Å². The molecule has 0 radical (unpaired) electrons. The Morgan fingerprint density at radius 3 is 2.82 bits per heavy atom. The summed E-state index contributed by atoms with van der Waals surface area (Å²) in [6, 6.07) is 0. The molecule has 1 aromatic rings. The van der Waals surface area contributed by atoms with Crippen LogP contribution in [0.1, 0.15) is 13.8 Å². The van der Waals surface area contributed by atoms with E-state index in [1.165, 1.54) is 5.57 Å². The smallest absolute Gasteiger partial charge is 0.0805 e. The van der Waals surface area contributed by atoms with Crippen molar-refractivity contribution >= 4 is 24.0 Å². The van der Waals surface area contributed by atoms with E-state index in [1.54, 1.807) is 11.3 Å². The van der Waals surface area contributed by atoms with Crippen LogP contribution in [0.5, 0.6) is 0 Å². The molecule has 2 heteroatoms. The molecule has 0 saturated heterocycles. The lowest BCUT2D eigenvalue weighted by Gasteiger charge is -1.79. The maximum atomic E-state index is 4.14. The fraction of sp³-hybridized carbons (Fsp3) is 0.222. The topological polar surface area (TPSA) is 12.9 Å². The second kappa shape index (κ2) is 3.49. The van der Waals surface area contributed by atoms with Gasteiger partial charge in [-0.1, -0.05) is 18.2 Å². The quantitative estimate of drug-likeness (QED) is 0.611. The van der Waals surface area contributed by atoms with Gasteiger partial charge in [0.05, 0.1) is 10.9 Å². The van der Waals surface area contributed by atoms with Crippen molar-refractivity contribution < 1.29 is 0 Å². The van der Waals surface area contributed by atoms with E-state index in [0.717, 1.165) is 9.88 Å². The zero-order valence-electron chi connectivity index (χ0n) is 6.79. The highest BCUT2D eigenvalue weighted by Crippen LogP contribution is 1.87. The van der Waals surface area contributed by atoms with E-state index in [4.69, 9.17) is 0 Å². The summed E-state index contributed by atoms with van der Waals surface area (Å²) < 4.78 is 1.03. The molecule has 0 fully saturated rings. The van der Waals surface area contributed by atoms with Crippen molar-refractivity contribution in [3.8, 4) is 0 Å². The maximum Gasteiger partial charge on any atom is 0.0805 e. The van der Waals surface area contributed by atoms with E-state index in [1.807, 2.05) is 17.7 Å². The highest BCUT2D eigenvalue weighted by molar-refractivity contribution is 7.07. The molecule has 11 heavy (non-hydrogen) atoms. The number of rotatable bonds is 1. The van der Waals surface area contributed by atoms with Gasteiger partial charge in [-0.3, -0.25) is 0 Å². The third-order valence-electron chi connectivity index (χ3n) is 1.25. The molecule has 0 N–H and O–H groups in total. The van der Waals surface area contributed by atoms with Gasteiger partial charge in [-0.15, -0.1) is 11.3 Å². The van der Waals surface area contributed by atoms with Gasteiger partial charge in [0, 0.05) is 4.53 Å². The van der Waals surface area contributed by atoms with E-state index in [0.29, 0.717) is 0 Å². The van der Waals surface area contributed by atoms with Crippen molar-refractivity contribution in [3.05, 3.63) is 27.0 Å². The summed E-state index contributed by atoms with van der Waals surface area (Å²) in [4.78, 5) is 4.14. The number of nitrogens with zero attached hydrogens (tertiary/aromatic N) is 1. The predicted octanol–water partition coefficient (Wildman–Crippen LogP) is 1.30. The molecule has 58 valence electrons. The Labute approximate surface area is 70.4 Å². The van der Waals surface area contributed by atoms with Gasteiger partial charge in [-0.05, 0) is 19.9 Å². The molecule has 1 heterocycles. The summed E-state index contributed by atoms with van der Waals surface area (Å²) >= 11 is 1.57. The average Bonchev–Trinajstić information content (AvgIpc) is 2.31. The first-order chi connectivity index (χ1) is 5.20. The number of hydrogen-bond acceptors (Lipinski definition) is 2. The van der Waals surface area contributed by atoms with Crippen molar-refractivity contribution in [2.24, 2.45) is 0 Å². The third-order valence-corrected chi connectivity index (χ3v) is 1.95. The van der Waals surface area contributed by atoms with Crippen molar-refractivity contribution in [1.29, 1.82) is 0 Å². The van der Waals surface area contributed by atoms with Crippen molar-refractivity contribution in [1.82, 2.24) is 4.98 Å². The Bertz CT molecular complexity index is 355. The van der Waals surface area contributed by atoms with Crippen LogP contribution < -0.4 is 9.88 Å². The molecule has 1 rings (SSSR count). The lowest BCUT2D eigenvalue weighted by molar-refractivity contribution is 1.31. The minimum atomic E-state index is 0.983. The molecule has 1 nitrogen and oxygen atoms in total. The second-order valence-corrected chi connectivity index (χ2v) is 3.51. The van der Waals surface area contributed by atoms with Gasteiger partial charge in [0.2, 0.25) is 0 Å². The monoisotopic (exact) mass is 165 g/mol. The normalized spacial score (nSPS) is 11.6. The third kappa shape index (κ3) is 2.31. The van der Waals surface area contributed by atoms with Crippen LogP contribution in [0.3, 0.4) is 0 Å². The maximum absolute atomic E-state index is 4.14. The van der Waals surface area contributed by atoms with Crippen molar-refractivity contribution in [2.45, 2.75) is 13.8 Å². The molecule has 1 aromatic heterocycles. The molecule has 0 spiro atoms. The van der Waals surface area contributed by atoms with Gasteiger partial charge in [0.15, 0.2) is 0 Å². The Morgan fingerprint density at radius 1 is 1.64 bits per heavy atom. The van der Waals surface area contributed by atoms with Crippen LogP contribution in [0, 0.1) is 0 Å². The van der Waals surface area contributed by atoms with Crippen LogP contribution in [0.4, 0.5) is 0 Å². The molecule has 0 aliphatic heterocycles. The van der Waals surface area contributed by atoms with Crippen molar-refractivity contribution in [2.75, 3.05) is 0 Å². The molecule has 0 aliphatic carbocycles. The Morgan fingerprint density at radius 2 is 2.36 bits per heavy atom. The molecule has 0 aromatic carbocycles. The SMILES string of the molecule is C=c1scn/c1=C/C=C(C)C. The molecule has 0 saturated carbocycles. The van der Waals surface area contributed by atoms with Gasteiger partial charge in [0.25, 0.3) is 0 Å². The van der Waals surface area contributed by atoms with Crippen LogP contribution in [-0.2, 0) is 0 Å². The van der Waals surface area contributed by atoms with E-state index in [-0.39, 0.29) is 0 Å². The lowest BCUT2D eigenvalue weighted by Crippen LogP contribution is -2.18. The summed E-state index contributed by atoms with van der Waals surface area (Å²) in [5.74, 6) is 0. The van der Waals surface area contributed by atoms with Gasteiger partial charge in [-0.2, -0.15) is 0 Å². The average molecular weight is 165 g/mol. The van der Waals surface area contributed by atoms with Gasteiger partial charge >= 0.3 is 0 Å². The molecule has 0 amide bonds. The molecule has 0 aliphatic rings. The van der Waals surface area contributed by atoms with E-state index >= 15 is 0 Å². The van der Waals surface area contributed by atoms with Gasteiger partial charge in [-0.25, -0.2) is 4.98 Å². The number of hydrogen-bond donors (Lipinski definition) is 0. The van der Waals surface area contributed by atoms with Gasteiger partial charge < -0.3 is 0 Å². The predicted molar refractivity (Wildman–Crippen MR) is 50.8 cm³/mol. The van der Waals surface area contributed by atoms with Crippen LogP contribution in [0.2, 0.25) is 0 Å². The minimum absolute atomic E-state index is 0.983. The highest BCUT2D eigenvalue weighted by Gasteiger charge is 1.81. The Hall–Kier alpha value is -0.890. The minimum Gasteiger partial charge on any atom is -0.245 e. The first-order valence-corrected chi connectivity index (χ1v) is 4.32. The zero-order valence-corrected chi connectivity index (χ0v) is 7.61. The van der Waals surface area contributed by atoms with Crippen LogP contribution >= 0.6 is 11.3 Å². The molecule has 0 bridgehead atoms. The summed E-state index contributed by atoms with van der Waals surface area (Å²) in [5, 5.41) is 0.983. The highest BCUT2D eigenvalue weighted by atomic mass is 32.1.